The molecule has 2 aliphatic carbocycles. The van der Waals surface area contributed by atoms with Gasteiger partial charge in [-0.2, -0.15) is 9.97 Å². The first kappa shape index (κ1) is 20.3. The van der Waals surface area contributed by atoms with Gasteiger partial charge in [0, 0.05) is 43.3 Å². The van der Waals surface area contributed by atoms with Crippen molar-refractivity contribution in [3.63, 3.8) is 0 Å². The Hall–Kier alpha value is -3.33. The number of benzene rings is 1. The lowest BCUT2D eigenvalue weighted by molar-refractivity contribution is 0.432. The number of hydrogen-bond acceptors (Lipinski definition) is 8. The Balaban J connectivity index is 1.51. The lowest BCUT2D eigenvalue weighted by atomic mass is 9.98. The van der Waals surface area contributed by atoms with E-state index < -0.39 is 0 Å². The fourth-order valence-electron chi connectivity index (χ4n) is 5.62. The van der Waals surface area contributed by atoms with Crippen LogP contribution in [0, 0.1) is 25.6 Å². The Morgan fingerprint density at radius 3 is 2.61 bits per heavy atom. The van der Waals surface area contributed by atoms with E-state index >= 15 is 0 Å². The first-order valence-electron chi connectivity index (χ1n) is 11.3. The predicted molar refractivity (Wildman–Crippen MR) is 123 cm³/mol. The smallest absolute Gasteiger partial charge is 0.324 e. The molecule has 2 aromatic heterocycles. The highest BCUT2D eigenvalue weighted by Gasteiger charge is 2.45. The Morgan fingerprint density at radius 2 is 1.94 bits per heavy atom. The van der Waals surface area contributed by atoms with Crippen molar-refractivity contribution in [2.24, 2.45) is 11.7 Å². The van der Waals surface area contributed by atoms with Gasteiger partial charge in [0.1, 0.15) is 17.5 Å². The van der Waals surface area contributed by atoms with E-state index in [1.165, 1.54) is 0 Å². The third-order valence-electron chi connectivity index (χ3n) is 7.27. The number of ether oxygens (including phenoxy) is 1. The Bertz CT molecular complexity index is 1260. The van der Waals surface area contributed by atoms with Crippen LogP contribution in [-0.2, 0) is 6.42 Å². The van der Waals surface area contributed by atoms with Crippen molar-refractivity contribution in [3.05, 3.63) is 46.9 Å². The average molecular weight is 448 g/mol. The number of nitrogens with zero attached hydrogens (tertiary/aromatic N) is 5. The minimum atomic E-state index is -0.237. The summed E-state index contributed by atoms with van der Waals surface area (Å²) >= 11 is 0. The Kier molecular flexibility index (Phi) is 4.52. The van der Waals surface area contributed by atoms with Crippen LogP contribution in [0.1, 0.15) is 35.5 Å². The van der Waals surface area contributed by atoms with Crippen LogP contribution >= 0.6 is 0 Å². The van der Waals surface area contributed by atoms with Crippen molar-refractivity contribution in [1.82, 2.24) is 19.9 Å². The molecule has 9 heteroatoms. The van der Waals surface area contributed by atoms with Gasteiger partial charge in [-0.1, -0.05) is 0 Å². The highest BCUT2D eigenvalue weighted by molar-refractivity contribution is 5.90. The quantitative estimate of drug-likeness (QED) is 0.491. The molecule has 33 heavy (non-hydrogen) atoms. The van der Waals surface area contributed by atoms with Crippen molar-refractivity contribution in [1.29, 1.82) is 0 Å². The first-order valence-corrected chi connectivity index (χ1v) is 11.3. The molecule has 3 atom stereocenters. The van der Waals surface area contributed by atoms with Gasteiger partial charge in [-0.05, 0) is 55.4 Å². The molecule has 0 amide bonds. The highest BCUT2D eigenvalue weighted by Crippen LogP contribution is 2.50. The number of rotatable bonds is 4. The summed E-state index contributed by atoms with van der Waals surface area (Å²) in [5.41, 5.74) is 11.4. The molecule has 1 aromatic carbocycles. The summed E-state index contributed by atoms with van der Waals surface area (Å²) in [6.07, 6.45) is 5.80. The summed E-state index contributed by atoms with van der Waals surface area (Å²) in [5, 5.41) is 3.15. The lowest BCUT2D eigenvalue weighted by Crippen LogP contribution is -2.41. The second kappa shape index (κ2) is 7.34. The summed E-state index contributed by atoms with van der Waals surface area (Å²) < 4.78 is 20.9. The molecule has 1 aliphatic heterocycles. The van der Waals surface area contributed by atoms with Crippen molar-refractivity contribution in [2.45, 2.75) is 45.2 Å². The largest absolute Gasteiger partial charge is 0.421 e. The molecule has 0 spiro atoms. The monoisotopic (exact) mass is 447 g/mol. The second-order valence-electron chi connectivity index (χ2n) is 9.23. The van der Waals surface area contributed by atoms with E-state index in [2.05, 4.69) is 20.2 Å². The van der Waals surface area contributed by atoms with Crippen LogP contribution in [0.2, 0.25) is 0 Å². The van der Waals surface area contributed by atoms with Gasteiger partial charge in [-0.3, -0.25) is 0 Å². The topological polar surface area (TPSA) is 102 Å². The lowest BCUT2D eigenvalue weighted by Gasteiger charge is -2.32. The number of fused-ring (bicyclic) bond motifs is 5. The van der Waals surface area contributed by atoms with E-state index in [4.69, 9.17) is 20.4 Å². The number of halogens is 1. The van der Waals surface area contributed by atoms with Gasteiger partial charge in [0.15, 0.2) is 5.75 Å². The Labute approximate surface area is 191 Å². The van der Waals surface area contributed by atoms with Crippen molar-refractivity contribution >= 4 is 11.5 Å². The van der Waals surface area contributed by atoms with Gasteiger partial charge >= 0.3 is 6.01 Å². The van der Waals surface area contributed by atoms with E-state index in [-0.39, 0.29) is 17.9 Å². The number of aromatic nitrogens is 4. The minimum Gasteiger partial charge on any atom is -0.421 e. The number of piperidine rings is 1. The van der Waals surface area contributed by atoms with Gasteiger partial charge in [-0.25, -0.2) is 14.4 Å². The molecule has 1 saturated heterocycles. The molecule has 1 unspecified atom stereocenters. The van der Waals surface area contributed by atoms with Crippen LogP contribution in [0.25, 0.3) is 11.1 Å². The maximum atomic E-state index is 14.9. The van der Waals surface area contributed by atoms with Gasteiger partial charge in [0.25, 0.3) is 0 Å². The van der Waals surface area contributed by atoms with E-state index in [0.29, 0.717) is 35.5 Å². The molecular formula is C24H26FN7O. The number of nitrogens with two attached hydrogens (primary N) is 1. The molecule has 3 N–H and O–H groups in total. The summed E-state index contributed by atoms with van der Waals surface area (Å²) in [7, 11) is 1.81. The van der Waals surface area contributed by atoms with E-state index in [1.54, 1.807) is 18.5 Å². The normalized spacial score (nSPS) is 22.5. The molecule has 2 bridgehead atoms. The van der Waals surface area contributed by atoms with Crippen molar-refractivity contribution in [2.75, 3.05) is 23.8 Å². The fourth-order valence-corrected chi connectivity index (χ4v) is 5.62. The van der Waals surface area contributed by atoms with Crippen LogP contribution < -0.4 is 20.7 Å². The second-order valence-corrected chi connectivity index (χ2v) is 9.23. The Morgan fingerprint density at radius 1 is 1.15 bits per heavy atom. The predicted octanol–water partition coefficient (Wildman–Crippen LogP) is 3.35. The summed E-state index contributed by atoms with van der Waals surface area (Å²) in [5.74, 6) is 2.15. The van der Waals surface area contributed by atoms with Crippen LogP contribution in [0.15, 0.2) is 18.5 Å². The maximum Gasteiger partial charge on any atom is 0.324 e. The zero-order chi connectivity index (χ0) is 22.9. The minimum absolute atomic E-state index is 0.226. The zero-order valence-electron chi connectivity index (χ0n) is 18.9. The van der Waals surface area contributed by atoms with E-state index in [9.17, 15) is 4.39 Å². The standard InChI is InChI=1S/C24H26FN7O/c1-11-17(25)7-19(27-3)16-6-20-22(21(11)16)23(32-10-13-4-14(32)5-18(13)26)31-24(30-20)33-15-8-28-12(2)29-9-15/h7-9,13-14,18,27H,4-6,10,26H2,1-3H3/t13-,14?,18-/m1/s1. The van der Waals surface area contributed by atoms with E-state index in [1.807, 2.05) is 20.9 Å². The number of nitrogens with one attached hydrogen (secondary N) is 1. The molecule has 3 aromatic rings. The van der Waals surface area contributed by atoms with Gasteiger partial charge in [0.2, 0.25) is 0 Å². The molecule has 1 saturated carbocycles. The third-order valence-corrected chi connectivity index (χ3v) is 7.27. The van der Waals surface area contributed by atoms with Gasteiger partial charge in [-0.15, -0.1) is 0 Å². The van der Waals surface area contributed by atoms with Crippen LogP contribution in [0.5, 0.6) is 11.8 Å². The highest BCUT2D eigenvalue weighted by atomic mass is 19.1. The molecule has 8 nitrogen and oxygen atoms in total. The molecule has 170 valence electrons. The van der Waals surface area contributed by atoms with Gasteiger partial charge in [0.05, 0.1) is 18.1 Å². The summed E-state index contributed by atoms with van der Waals surface area (Å²) in [6.45, 7) is 4.48. The average Bonchev–Trinajstić information content (AvgIpc) is 3.49. The van der Waals surface area contributed by atoms with Crippen LogP contribution in [0.4, 0.5) is 15.9 Å². The SMILES string of the molecule is CNc1cc(F)c(C)c2c1Cc1nc(Oc3cnc(C)nc3)nc(N3C[C@H]4CC3C[C@H]4N)c1-2. The molecule has 2 fully saturated rings. The summed E-state index contributed by atoms with van der Waals surface area (Å²) in [6, 6.07) is 2.36. The molecular weight excluding hydrogens is 421 g/mol. The molecule has 6 rings (SSSR count). The number of aryl methyl sites for hydroxylation is 1. The van der Waals surface area contributed by atoms with Crippen LogP contribution in [0.3, 0.4) is 0 Å². The van der Waals surface area contributed by atoms with Gasteiger partial charge < -0.3 is 20.7 Å². The fraction of sp³-hybridized carbons (Fsp3) is 0.417. The number of anilines is 2. The number of hydrogen-bond donors (Lipinski definition) is 2. The first-order chi connectivity index (χ1) is 15.9. The zero-order valence-corrected chi connectivity index (χ0v) is 18.9. The third kappa shape index (κ3) is 3.13. The van der Waals surface area contributed by atoms with Crippen molar-refractivity contribution < 1.29 is 9.13 Å². The molecule has 3 heterocycles. The summed E-state index contributed by atoms with van der Waals surface area (Å²) in [4.78, 5) is 20.3. The van der Waals surface area contributed by atoms with E-state index in [0.717, 1.165) is 53.3 Å². The van der Waals surface area contributed by atoms with Crippen molar-refractivity contribution in [3.8, 4) is 22.9 Å². The maximum absolute atomic E-state index is 14.9. The molecule has 3 aliphatic rings. The molecule has 0 radical (unpaired) electrons. The van der Waals surface area contributed by atoms with Crippen LogP contribution in [-0.4, -0.2) is 45.6 Å².